The summed E-state index contributed by atoms with van der Waals surface area (Å²) in [7, 11) is 1.62. The highest BCUT2D eigenvalue weighted by Gasteiger charge is 2.59. The fourth-order valence-electron chi connectivity index (χ4n) is 2.76. The van der Waals surface area contributed by atoms with E-state index in [9.17, 15) is 10.1 Å². The molecule has 0 amide bonds. The van der Waals surface area contributed by atoms with Crippen molar-refractivity contribution >= 4 is 17.1 Å². The van der Waals surface area contributed by atoms with Gasteiger partial charge in [-0.15, -0.1) is 11.3 Å². The van der Waals surface area contributed by atoms with Crippen molar-refractivity contribution in [3.63, 3.8) is 0 Å². The lowest BCUT2D eigenvalue weighted by Gasteiger charge is -2.34. The average Bonchev–Trinajstić information content (AvgIpc) is 3.05. The van der Waals surface area contributed by atoms with Crippen molar-refractivity contribution < 1.29 is 9.53 Å². The van der Waals surface area contributed by atoms with Crippen molar-refractivity contribution in [3.05, 3.63) is 27.7 Å². The lowest BCUT2D eigenvalue weighted by Crippen LogP contribution is -2.38. The van der Waals surface area contributed by atoms with Crippen LogP contribution in [0.2, 0.25) is 0 Å². The molecule has 1 aromatic rings. The molecule has 1 atom stereocenters. The van der Waals surface area contributed by atoms with Gasteiger partial charge < -0.3 is 4.74 Å². The fraction of sp³-hybridized carbons (Fsp3) is 0.500. The molecule has 98 valence electrons. The van der Waals surface area contributed by atoms with Crippen LogP contribution in [0, 0.1) is 23.7 Å². The number of hydrogen-bond donors (Lipinski definition) is 0. The van der Waals surface area contributed by atoms with Crippen molar-refractivity contribution in [1.29, 1.82) is 5.26 Å². The second kappa shape index (κ2) is 3.99. The van der Waals surface area contributed by atoms with Crippen molar-refractivity contribution in [2.45, 2.75) is 31.8 Å². The van der Waals surface area contributed by atoms with Crippen LogP contribution in [0.1, 0.15) is 29.1 Å². The molecule has 0 bridgehead atoms. The summed E-state index contributed by atoms with van der Waals surface area (Å²) >= 11 is 1.56. The number of hydrogen-bond acceptors (Lipinski definition) is 5. The summed E-state index contributed by atoms with van der Waals surface area (Å²) in [6, 6.07) is 2.02. The lowest BCUT2D eigenvalue weighted by atomic mass is 9.76. The van der Waals surface area contributed by atoms with Gasteiger partial charge in [0.05, 0.1) is 5.57 Å². The van der Waals surface area contributed by atoms with Crippen LogP contribution in [-0.4, -0.2) is 17.9 Å². The molecule has 1 aromatic heterocycles. The van der Waals surface area contributed by atoms with Gasteiger partial charge in [0, 0.05) is 23.6 Å². The number of allylic oxidation sites excluding steroid dienone is 1. The van der Waals surface area contributed by atoms with E-state index in [0.717, 1.165) is 22.7 Å². The summed E-state index contributed by atoms with van der Waals surface area (Å²) in [6.07, 6.45) is 5.77. The molecule has 0 N–H and O–H groups in total. The number of Topliss-reactive ketones (excluding diaryl/α,β-unsaturated/α-hetero) is 1. The molecule has 0 aliphatic heterocycles. The SMILES string of the molecule is COC1(c2ncc(C)s2)C=C(C#N)C(=O)C2(CC2)C1. The third-order valence-electron chi connectivity index (χ3n) is 4.03. The van der Waals surface area contributed by atoms with E-state index in [1.165, 1.54) is 0 Å². The zero-order valence-corrected chi connectivity index (χ0v) is 11.7. The highest BCUT2D eigenvalue weighted by molar-refractivity contribution is 7.11. The van der Waals surface area contributed by atoms with Crippen molar-refractivity contribution in [2.24, 2.45) is 5.41 Å². The maximum absolute atomic E-state index is 12.2. The van der Waals surface area contributed by atoms with Gasteiger partial charge in [0.15, 0.2) is 5.78 Å². The molecule has 2 aliphatic carbocycles. The van der Waals surface area contributed by atoms with Crippen molar-refractivity contribution in [1.82, 2.24) is 4.98 Å². The number of thiazole rings is 1. The summed E-state index contributed by atoms with van der Waals surface area (Å²) in [5.41, 5.74) is -0.873. The van der Waals surface area contributed by atoms with E-state index >= 15 is 0 Å². The van der Waals surface area contributed by atoms with E-state index in [-0.39, 0.29) is 16.8 Å². The van der Waals surface area contributed by atoms with Crippen LogP contribution in [0.5, 0.6) is 0 Å². The minimum atomic E-state index is -0.714. The van der Waals surface area contributed by atoms with E-state index < -0.39 is 5.60 Å². The molecule has 0 aromatic carbocycles. The Bertz CT molecular complexity index is 622. The first-order valence-corrected chi connectivity index (χ1v) is 7.03. The zero-order valence-electron chi connectivity index (χ0n) is 10.9. The van der Waals surface area contributed by atoms with Gasteiger partial charge in [0.2, 0.25) is 0 Å². The summed E-state index contributed by atoms with van der Waals surface area (Å²) in [6.45, 7) is 1.99. The van der Waals surface area contributed by atoms with Gasteiger partial charge in [-0.3, -0.25) is 4.79 Å². The van der Waals surface area contributed by atoms with E-state index in [1.807, 2.05) is 13.0 Å². The predicted octanol–water partition coefficient (Wildman–Crippen LogP) is 2.50. The van der Waals surface area contributed by atoms with E-state index in [2.05, 4.69) is 4.98 Å². The molecule has 1 fully saturated rings. The zero-order chi connectivity index (χ0) is 13.7. The van der Waals surface area contributed by atoms with Gasteiger partial charge in [0.25, 0.3) is 0 Å². The molecule has 1 unspecified atom stereocenters. The van der Waals surface area contributed by atoms with Gasteiger partial charge in [-0.05, 0) is 32.3 Å². The molecule has 1 heterocycles. The van der Waals surface area contributed by atoms with Gasteiger partial charge in [-0.25, -0.2) is 4.98 Å². The number of ether oxygens (including phenoxy) is 1. The quantitative estimate of drug-likeness (QED) is 0.831. The third-order valence-corrected chi connectivity index (χ3v) is 5.10. The predicted molar refractivity (Wildman–Crippen MR) is 70.5 cm³/mol. The number of nitriles is 1. The van der Waals surface area contributed by atoms with Crippen LogP contribution in [0.3, 0.4) is 0 Å². The van der Waals surface area contributed by atoms with Crippen molar-refractivity contribution in [3.8, 4) is 6.07 Å². The topological polar surface area (TPSA) is 63.0 Å². The molecule has 1 spiro atoms. The Hall–Kier alpha value is -1.51. The van der Waals surface area contributed by atoms with Crippen LogP contribution in [0.15, 0.2) is 17.8 Å². The monoisotopic (exact) mass is 274 g/mol. The molecular formula is C14H14N2O2S. The Labute approximate surface area is 115 Å². The summed E-state index contributed by atoms with van der Waals surface area (Å²) in [5.74, 6) is -0.0176. The largest absolute Gasteiger partial charge is 0.367 e. The molecule has 3 rings (SSSR count). The first-order chi connectivity index (χ1) is 9.05. The second-order valence-electron chi connectivity index (χ2n) is 5.33. The number of aryl methyl sites for hydroxylation is 1. The Morgan fingerprint density at radius 2 is 2.26 bits per heavy atom. The highest BCUT2D eigenvalue weighted by atomic mass is 32.1. The maximum Gasteiger partial charge on any atom is 0.179 e. The number of aromatic nitrogens is 1. The maximum atomic E-state index is 12.2. The third kappa shape index (κ3) is 1.75. The molecule has 0 saturated heterocycles. The molecule has 0 radical (unpaired) electrons. The number of nitrogens with zero attached hydrogens (tertiary/aromatic N) is 2. The normalized spacial score (nSPS) is 28.1. The number of methoxy groups -OCH3 is 1. The minimum absolute atomic E-state index is 0.0176. The summed E-state index contributed by atoms with van der Waals surface area (Å²) in [4.78, 5) is 17.7. The molecule has 4 nitrogen and oxygen atoms in total. The summed E-state index contributed by atoms with van der Waals surface area (Å²) in [5, 5.41) is 10.0. The number of carbonyl (C=O) groups excluding carboxylic acids is 1. The number of ketones is 1. The Morgan fingerprint density at radius 1 is 1.53 bits per heavy atom. The van der Waals surface area contributed by atoms with Crippen molar-refractivity contribution in [2.75, 3.05) is 7.11 Å². The van der Waals surface area contributed by atoms with Crippen LogP contribution in [0.25, 0.3) is 0 Å². The minimum Gasteiger partial charge on any atom is -0.367 e. The van der Waals surface area contributed by atoms with Crippen LogP contribution in [-0.2, 0) is 15.1 Å². The van der Waals surface area contributed by atoms with Gasteiger partial charge in [0.1, 0.15) is 16.7 Å². The Kier molecular flexibility index (Phi) is 2.63. The first-order valence-electron chi connectivity index (χ1n) is 6.21. The number of rotatable bonds is 2. The van der Waals surface area contributed by atoms with Crippen LogP contribution in [0.4, 0.5) is 0 Å². The van der Waals surface area contributed by atoms with Crippen LogP contribution < -0.4 is 0 Å². The first kappa shape index (κ1) is 12.5. The second-order valence-corrected chi connectivity index (χ2v) is 6.56. The van der Waals surface area contributed by atoms with Crippen LogP contribution >= 0.6 is 11.3 Å². The molecule has 19 heavy (non-hydrogen) atoms. The van der Waals surface area contributed by atoms with E-state index in [4.69, 9.17) is 4.74 Å². The van der Waals surface area contributed by atoms with Gasteiger partial charge in [-0.2, -0.15) is 5.26 Å². The smallest absolute Gasteiger partial charge is 0.179 e. The Morgan fingerprint density at radius 3 is 2.74 bits per heavy atom. The number of carbonyl (C=O) groups is 1. The summed E-state index contributed by atoms with van der Waals surface area (Å²) < 4.78 is 5.70. The average molecular weight is 274 g/mol. The van der Waals surface area contributed by atoms with E-state index in [1.54, 1.807) is 30.7 Å². The molecule has 2 aliphatic rings. The standard InChI is InChI=1S/C14H14N2O2S/c1-9-7-16-12(19-9)14(18-2)5-10(6-15)11(17)13(8-14)3-4-13/h5,7H,3-4,8H2,1-2H3. The molecule has 1 saturated carbocycles. The Balaban J connectivity index is 2.14. The fourth-order valence-corrected chi connectivity index (χ4v) is 3.67. The molecular weight excluding hydrogens is 260 g/mol. The highest BCUT2D eigenvalue weighted by Crippen LogP contribution is 2.59. The lowest BCUT2D eigenvalue weighted by molar-refractivity contribution is -0.124. The van der Waals surface area contributed by atoms with E-state index in [0.29, 0.717) is 6.42 Å². The van der Waals surface area contributed by atoms with Gasteiger partial charge in [-0.1, -0.05) is 0 Å². The molecule has 5 heteroatoms. The van der Waals surface area contributed by atoms with Gasteiger partial charge >= 0.3 is 0 Å².